The number of anilines is 1. The van der Waals surface area contributed by atoms with Gasteiger partial charge in [0.25, 0.3) is 0 Å². The lowest BCUT2D eigenvalue weighted by molar-refractivity contribution is -0.134. The predicted octanol–water partition coefficient (Wildman–Crippen LogP) is 3.61. The van der Waals surface area contributed by atoms with Gasteiger partial charge in [0.05, 0.1) is 11.2 Å². The second-order valence-electron chi connectivity index (χ2n) is 6.00. The lowest BCUT2D eigenvalue weighted by Crippen LogP contribution is -2.33. The van der Waals surface area contributed by atoms with Crippen LogP contribution < -0.4 is 5.32 Å². The third kappa shape index (κ3) is 4.25. The number of carbonyl (C=O) groups excluding carboxylic acids is 2. The van der Waals surface area contributed by atoms with Gasteiger partial charge in [-0.05, 0) is 24.6 Å². The van der Waals surface area contributed by atoms with Gasteiger partial charge in [0.15, 0.2) is 0 Å². The van der Waals surface area contributed by atoms with Crippen LogP contribution in [-0.2, 0) is 16.1 Å². The Morgan fingerprint density at radius 1 is 1.00 bits per heavy atom. The Labute approximate surface area is 152 Å². The molecule has 0 radical (unpaired) electrons. The fraction of sp³-hybridized carbons (Fsp3) is 0.190. The molecular formula is C21H21N3O2. The summed E-state index contributed by atoms with van der Waals surface area (Å²) >= 11 is 0. The Morgan fingerprint density at radius 3 is 2.54 bits per heavy atom. The highest BCUT2D eigenvalue weighted by molar-refractivity contribution is 6.07. The summed E-state index contributed by atoms with van der Waals surface area (Å²) in [4.78, 5) is 30.8. The summed E-state index contributed by atoms with van der Waals surface area (Å²) in [6, 6.07) is 19.1. The molecule has 0 unspecified atom stereocenters. The van der Waals surface area contributed by atoms with Crippen LogP contribution in [0.4, 0.5) is 5.69 Å². The largest absolute Gasteiger partial charge is 0.338 e. The lowest BCUT2D eigenvalue weighted by atomic mass is 10.2. The molecule has 0 aliphatic carbocycles. The van der Waals surface area contributed by atoms with E-state index in [1.165, 1.54) is 0 Å². The number of para-hydroxylation sites is 1. The van der Waals surface area contributed by atoms with Crippen molar-refractivity contribution in [2.75, 3.05) is 11.9 Å². The van der Waals surface area contributed by atoms with Crippen LogP contribution in [0.2, 0.25) is 0 Å². The quantitative estimate of drug-likeness (QED) is 0.693. The Bertz CT molecular complexity index is 904. The van der Waals surface area contributed by atoms with E-state index in [9.17, 15) is 9.59 Å². The molecule has 5 nitrogen and oxygen atoms in total. The van der Waals surface area contributed by atoms with Crippen molar-refractivity contribution in [1.82, 2.24) is 9.88 Å². The topological polar surface area (TPSA) is 62.3 Å². The first-order valence-corrected chi connectivity index (χ1v) is 8.62. The minimum Gasteiger partial charge on any atom is -0.338 e. The lowest BCUT2D eigenvalue weighted by Gasteiger charge is -2.21. The predicted molar refractivity (Wildman–Crippen MR) is 103 cm³/mol. The maximum Gasteiger partial charge on any atom is 0.233 e. The maximum absolute atomic E-state index is 12.5. The van der Waals surface area contributed by atoms with Gasteiger partial charge in [-0.25, -0.2) is 0 Å². The number of benzene rings is 2. The number of hydrogen-bond acceptors (Lipinski definition) is 3. The van der Waals surface area contributed by atoms with Crippen molar-refractivity contribution in [3.8, 4) is 0 Å². The molecule has 1 N–H and O–H groups in total. The van der Waals surface area contributed by atoms with Crippen LogP contribution in [0.3, 0.4) is 0 Å². The zero-order chi connectivity index (χ0) is 18.4. The van der Waals surface area contributed by atoms with Crippen molar-refractivity contribution in [2.45, 2.75) is 19.9 Å². The normalized spacial score (nSPS) is 10.5. The van der Waals surface area contributed by atoms with E-state index in [-0.39, 0.29) is 18.2 Å². The van der Waals surface area contributed by atoms with Crippen molar-refractivity contribution in [3.63, 3.8) is 0 Å². The molecule has 1 heterocycles. The summed E-state index contributed by atoms with van der Waals surface area (Å²) in [7, 11) is 0. The monoisotopic (exact) mass is 347 g/mol. The molecule has 0 saturated carbocycles. The summed E-state index contributed by atoms with van der Waals surface area (Å²) in [5.41, 5.74) is 2.38. The molecule has 0 bridgehead atoms. The SMILES string of the molecule is CCN(Cc1ccccc1)C(=O)CC(=O)Nc1cccc2cccnc12. The number of nitrogens with zero attached hydrogens (tertiary/aromatic N) is 2. The molecule has 1 aromatic heterocycles. The molecule has 0 fully saturated rings. The van der Waals surface area contributed by atoms with Crippen molar-refractivity contribution in [1.29, 1.82) is 0 Å². The number of hydrogen-bond donors (Lipinski definition) is 1. The Balaban J connectivity index is 1.65. The van der Waals surface area contributed by atoms with Gasteiger partial charge in [0.1, 0.15) is 6.42 Å². The maximum atomic E-state index is 12.5. The van der Waals surface area contributed by atoms with Crippen LogP contribution in [-0.4, -0.2) is 28.2 Å². The van der Waals surface area contributed by atoms with Gasteiger partial charge in [-0.15, -0.1) is 0 Å². The van der Waals surface area contributed by atoms with E-state index < -0.39 is 0 Å². The number of fused-ring (bicyclic) bond motifs is 1. The fourth-order valence-corrected chi connectivity index (χ4v) is 2.83. The zero-order valence-electron chi connectivity index (χ0n) is 14.7. The molecule has 3 rings (SSSR count). The van der Waals surface area contributed by atoms with E-state index in [0.29, 0.717) is 24.3 Å². The molecule has 2 amide bonds. The minimum atomic E-state index is -0.334. The minimum absolute atomic E-state index is 0.191. The molecule has 0 atom stereocenters. The van der Waals surface area contributed by atoms with Crippen LogP contribution in [0, 0.1) is 0 Å². The molecule has 132 valence electrons. The molecule has 5 heteroatoms. The fourth-order valence-electron chi connectivity index (χ4n) is 2.83. The highest BCUT2D eigenvalue weighted by atomic mass is 16.2. The molecule has 0 aliphatic rings. The third-order valence-electron chi connectivity index (χ3n) is 4.17. The van der Waals surface area contributed by atoms with Gasteiger partial charge >= 0.3 is 0 Å². The summed E-state index contributed by atoms with van der Waals surface area (Å²) in [6.45, 7) is 2.96. The van der Waals surface area contributed by atoms with Crippen molar-refractivity contribution >= 4 is 28.4 Å². The van der Waals surface area contributed by atoms with Gasteiger partial charge in [-0.3, -0.25) is 14.6 Å². The van der Waals surface area contributed by atoms with E-state index in [1.54, 1.807) is 17.2 Å². The highest BCUT2D eigenvalue weighted by Gasteiger charge is 2.17. The molecule has 0 spiro atoms. The Hall–Kier alpha value is -3.21. The van der Waals surface area contributed by atoms with E-state index in [0.717, 1.165) is 10.9 Å². The molecule has 0 aliphatic heterocycles. The number of nitrogens with one attached hydrogen (secondary N) is 1. The number of carbonyl (C=O) groups is 2. The number of rotatable bonds is 6. The summed E-state index contributed by atoms with van der Waals surface area (Å²) in [5.74, 6) is -0.526. The number of aromatic nitrogens is 1. The van der Waals surface area contributed by atoms with Crippen molar-refractivity contribution in [3.05, 3.63) is 72.4 Å². The van der Waals surface area contributed by atoms with Crippen molar-refractivity contribution < 1.29 is 9.59 Å². The standard InChI is InChI=1S/C21H21N3O2/c1-2-24(15-16-8-4-3-5-9-16)20(26)14-19(25)23-18-12-6-10-17-11-7-13-22-21(17)18/h3-13H,2,14-15H2,1H3,(H,23,25). The summed E-state index contributed by atoms with van der Waals surface area (Å²) in [5, 5.41) is 3.75. The summed E-state index contributed by atoms with van der Waals surface area (Å²) in [6.07, 6.45) is 1.49. The molecule has 0 saturated heterocycles. The van der Waals surface area contributed by atoms with Crippen LogP contribution in [0.15, 0.2) is 66.9 Å². The van der Waals surface area contributed by atoms with Gasteiger partial charge < -0.3 is 10.2 Å². The van der Waals surface area contributed by atoms with Crippen LogP contribution in [0.25, 0.3) is 10.9 Å². The Morgan fingerprint density at radius 2 is 1.77 bits per heavy atom. The van der Waals surface area contributed by atoms with Crippen molar-refractivity contribution in [2.24, 2.45) is 0 Å². The Kier molecular flexibility index (Phi) is 5.59. The van der Waals surface area contributed by atoms with Crippen LogP contribution >= 0.6 is 0 Å². The second kappa shape index (κ2) is 8.25. The first kappa shape index (κ1) is 17.6. The number of amides is 2. The summed E-state index contributed by atoms with van der Waals surface area (Å²) < 4.78 is 0. The average Bonchev–Trinajstić information content (AvgIpc) is 2.67. The molecule has 3 aromatic rings. The smallest absolute Gasteiger partial charge is 0.233 e. The van der Waals surface area contributed by atoms with Gasteiger partial charge in [-0.1, -0.05) is 48.5 Å². The molecule has 2 aromatic carbocycles. The first-order chi connectivity index (χ1) is 12.7. The molecular weight excluding hydrogens is 326 g/mol. The van der Waals surface area contributed by atoms with Gasteiger partial charge in [-0.2, -0.15) is 0 Å². The highest BCUT2D eigenvalue weighted by Crippen LogP contribution is 2.20. The third-order valence-corrected chi connectivity index (χ3v) is 4.17. The van der Waals surface area contributed by atoms with Crippen LogP contribution in [0.5, 0.6) is 0 Å². The van der Waals surface area contributed by atoms with Gasteiger partial charge in [0.2, 0.25) is 11.8 Å². The van der Waals surface area contributed by atoms with E-state index in [1.807, 2.05) is 61.5 Å². The van der Waals surface area contributed by atoms with E-state index >= 15 is 0 Å². The average molecular weight is 347 g/mol. The van der Waals surface area contributed by atoms with E-state index in [2.05, 4.69) is 10.3 Å². The first-order valence-electron chi connectivity index (χ1n) is 8.62. The second-order valence-corrected chi connectivity index (χ2v) is 6.00. The van der Waals surface area contributed by atoms with E-state index in [4.69, 9.17) is 0 Å². The van der Waals surface area contributed by atoms with Crippen LogP contribution in [0.1, 0.15) is 18.9 Å². The molecule has 26 heavy (non-hydrogen) atoms. The number of pyridine rings is 1. The van der Waals surface area contributed by atoms with Gasteiger partial charge in [0, 0.05) is 24.7 Å². The zero-order valence-corrected chi connectivity index (χ0v) is 14.7.